The topological polar surface area (TPSA) is 87.7 Å². The molecule has 0 aromatic heterocycles. The number of carboxylic acid groups (broad SMARTS) is 1. The normalized spacial score (nSPS) is 18.0. The predicted molar refractivity (Wildman–Crippen MR) is 86.7 cm³/mol. The first-order valence-corrected chi connectivity index (χ1v) is 7.83. The van der Waals surface area contributed by atoms with E-state index in [4.69, 9.17) is 9.84 Å². The standard InChI is InChI=1S/C14H17IN2O4/c15-9-4-5-12(11(7-9)13(18)19)17-14(20)16-8-10-3-1-2-6-21-10/h4-5,7,10H,1-3,6,8H2,(H,18,19)(H2,16,17,20). The highest BCUT2D eigenvalue weighted by molar-refractivity contribution is 14.1. The van der Waals surface area contributed by atoms with Crippen molar-refractivity contribution >= 4 is 40.3 Å². The van der Waals surface area contributed by atoms with Gasteiger partial charge in [-0.25, -0.2) is 9.59 Å². The first kappa shape index (κ1) is 16.0. The van der Waals surface area contributed by atoms with E-state index in [0.717, 1.165) is 29.4 Å². The Morgan fingerprint density at radius 3 is 2.86 bits per heavy atom. The van der Waals surface area contributed by atoms with Crippen molar-refractivity contribution in [2.45, 2.75) is 25.4 Å². The molecule has 1 aliphatic rings. The van der Waals surface area contributed by atoms with Crippen LogP contribution in [0.15, 0.2) is 18.2 Å². The molecule has 0 saturated carbocycles. The van der Waals surface area contributed by atoms with Gasteiger partial charge in [-0.3, -0.25) is 0 Å². The molecule has 0 aliphatic carbocycles. The lowest BCUT2D eigenvalue weighted by molar-refractivity contribution is 0.0187. The number of rotatable bonds is 4. The molecule has 2 amide bonds. The Bertz CT molecular complexity index is 530. The van der Waals surface area contributed by atoms with Crippen LogP contribution in [0.25, 0.3) is 0 Å². The van der Waals surface area contributed by atoms with Crippen molar-refractivity contribution in [3.05, 3.63) is 27.3 Å². The highest BCUT2D eigenvalue weighted by Gasteiger charge is 2.16. The van der Waals surface area contributed by atoms with Crippen molar-refractivity contribution in [3.8, 4) is 0 Å². The lowest BCUT2D eigenvalue weighted by Crippen LogP contribution is -2.38. The first-order valence-electron chi connectivity index (χ1n) is 6.75. The number of halogens is 1. The van der Waals surface area contributed by atoms with Crippen LogP contribution in [0.3, 0.4) is 0 Å². The van der Waals surface area contributed by atoms with Crippen LogP contribution in [-0.4, -0.2) is 36.4 Å². The smallest absolute Gasteiger partial charge is 0.337 e. The summed E-state index contributed by atoms with van der Waals surface area (Å²) in [6.45, 7) is 1.16. The number of anilines is 1. The Balaban J connectivity index is 1.91. The van der Waals surface area contributed by atoms with Crippen LogP contribution >= 0.6 is 22.6 Å². The van der Waals surface area contributed by atoms with Crippen molar-refractivity contribution in [2.75, 3.05) is 18.5 Å². The molecule has 1 aliphatic heterocycles. The summed E-state index contributed by atoms with van der Waals surface area (Å²) >= 11 is 2.03. The second-order valence-electron chi connectivity index (χ2n) is 4.82. The Hall–Kier alpha value is -1.35. The Labute approximate surface area is 136 Å². The van der Waals surface area contributed by atoms with E-state index in [9.17, 15) is 9.59 Å². The van der Waals surface area contributed by atoms with E-state index < -0.39 is 12.0 Å². The third-order valence-electron chi connectivity index (χ3n) is 3.22. The molecule has 1 aromatic rings. The molecule has 6 nitrogen and oxygen atoms in total. The molecule has 1 aromatic carbocycles. The fourth-order valence-electron chi connectivity index (χ4n) is 2.14. The molecular formula is C14H17IN2O4. The van der Waals surface area contributed by atoms with Gasteiger partial charge in [-0.15, -0.1) is 0 Å². The number of hydrogen-bond donors (Lipinski definition) is 3. The van der Waals surface area contributed by atoms with Crippen molar-refractivity contribution in [1.29, 1.82) is 0 Å². The van der Waals surface area contributed by atoms with E-state index in [1.807, 2.05) is 22.6 Å². The zero-order valence-corrected chi connectivity index (χ0v) is 13.6. The summed E-state index contributed by atoms with van der Waals surface area (Å²) in [7, 11) is 0. The zero-order valence-electron chi connectivity index (χ0n) is 11.4. The van der Waals surface area contributed by atoms with Crippen molar-refractivity contribution < 1.29 is 19.4 Å². The van der Waals surface area contributed by atoms with Crippen LogP contribution in [0.2, 0.25) is 0 Å². The van der Waals surface area contributed by atoms with Crippen LogP contribution in [0.1, 0.15) is 29.6 Å². The van der Waals surface area contributed by atoms with Crippen LogP contribution in [0, 0.1) is 3.57 Å². The Kier molecular flexibility index (Phi) is 5.80. The average molecular weight is 404 g/mol. The SMILES string of the molecule is O=C(NCC1CCCCO1)Nc1ccc(I)cc1C(=O)O. The summed E-state index contributed by atoms with van der Waals surface area (Å²) in [5.74, 6) is -1.07. The van der Waals surface area contributed by atoms with E-state index in [1.165, 1.54) is 6.07 Å². The third-order valence-corrected chi connectivity index (χ3v) is 3.90. The number of ether oxygens (including phenoxy) is 1. The highest BCUT2D eigenvalue weighted by Crippen LogP contribution is 2.19. The zero-order chi connectivity index (χ0) is 15.2. The fourth-order valence-corrected chi connectivity index (χ4v) is 2.64. The summed E-state index contributed by atoms with van der Waals surface area (Å²) in [4.78, 5) is 23.0. The second kappa shape index (κ2) is 7.60. The van der Waals surface area contributed by atoms with Gasteiger partial charge in [0.05, 0.1) is 17.4 Å². The summed E-state index contributed by atoms with van der Waals surface area (Å²) in [5.41, 5.74) is 0.357. The summed E-state index contributed by atoms with van der Waals surface area (Å²) in [5, 5.41) is 14.4. The van der Waals surface area contributed by atoms with E-state index in [1.54, 1.807) is 12.1 Å². The average Bonchev–Trinajstić information content (AvgIpc) is 2.48. The number of urea groups is 1. The number of nitrogens with one attached hydrogen (secondary N) is 2. The molecule has 1 saturated heterocycles. The monoisotopic (exact) mass is 404 g/mol. The number of carboxylic acids is 1. The van der Waals surface area contributed by atoms with Gasteiger partial charge in [-0.2, -0.15) is 0 Å². The summed E-state index contributed by atoms with van der Waals surface area (Å²) < 4.78 is 6.32. The third kappa shape index (κ3) is 4.85. The molecule has 1 atom stereocenters. The molecule has 3 N–H and O–H groups in total. The molecule has 114 valence electrons. The van der Waals surface area contributed by atoms with Gasteiger partial charge in [0, 0.05) is 16.7 Å². The molecule has 1 heterocycles. The van der Waals surface area contributed by atoms with Gasteiger partial charge in [-0.1, -0.05) is 0 Å². The van der Waals surface area contributed by atoms with E-state index >= 15 is 0 Å². The Morgan fingerprint density at radius 2 is 2.19 bits per heavy atom. The van der Waals surface area contributed by atoms with Crippen molar-refractivity contribution in [1.82, 2.24) is 5.32 Å². The molecule has 0 bridgehead atoms. The largest absolute Gasteiger partial charge is 0.478 e. The minimum absolute atomic E-state index is 0.0418. The van der Waals surface area contributed by atoms with Crippen LogP contribution in [-0.2, 0) is 4.74 Å². The number of amides is 2. The molecular weight excluding hydrogens is 387 g/mol. The predicted octanol–water partition coefficient (Wildman–Crippen LogP) is 2.68. The van der Waals surface area contributed by atoms with Gasteiger partial charge in [0.25, 0.3) is 0 Å². The van der Waals surface area contributed by atoms with Gasteiger partial charge in [0.2, 0.25) is 0 Å². The molecule has 1 fully saturated rings. The molecule has 0 radical (unpaired) electrons. The van der Waals surface area contributed by atoms with Crippen molar-refractivity contribution in [3.63, 3.8) is 0 Å². The highest BCUT2D eigenvalue weighted by atomic mass is 127. The maximum atomic E-state index is 11.8. The lowest BCUT2D eigenvalue weighted by Gasteiger charge is -2.22. The van der Waals surface area contributed by atoms with Crippen molar-refractivity contribution in [2.24, 2.45) is 0 Å². The quantitative estimate of drug-likeness (QED) is 0.674. The second-order valence-corrected chi connectivity index (χ2v) is 6.06. The number of carbonyl (C=O) groups excluding carboxylic acids is 1. The summed E-state index contributed by atoms with van der Waals surface area (Å²) in [6, 6.07) is 4.42. The Morgan fingerprint density at radius 1 is 1.38 bits per heavy atom. The number of aromatic carboxylic acids is 1. The van der Waals surface area contributed by atoms with E-state index in [2.05, 4.69) is 10.6 Å². The lowest BCUT2D eigenvalue weighted by atomic mass is 10.1. The van der Waals surface area contributed by atoms with Gasteiger partial charge in [0.15, 0.2) is 0 Å². The van der Waals surface area contributed by atoms with Gasteiger partial charge < -0.3 is 20.5 Å². The molecule has 21 heavy (non-hydrogen) atoms. The van der Waals surface area contributed by atoms with Crippen LogP contribution in [0.4, 0.5) is 10.5 Å². The van der Waals surface area contributed by atoms with E-state index in [0.29, 0.717) is 6.54 Å². The molecule has 0 spiro atoms. The maximum Gasteiger partial charge on any atom is 0.337 e. The van der Waals surface area contributed by atoms with Gasteiger partial charge >= 0.3 is 12.0 Å². The van der Waals surface area contributed by atoms with E-state index in [-0.39, 0.29) is 17.4 Å². The minimum Gasteiger partial charge on any atom is -0.478 e. The summed E-state index contributed by atoms with van der Waals surface area (Å²) in [6.07, 6.45) is 3.14. The van der Waals surface area contributed by atoms with Gasteiger partial charge in [-0.05, 0) is 60.1 Å². The number of hydrogen-bond acceptors (Lipinski definition) is 3. The maximum absolute atomic E-state index is 11.8. The van der Waals surface area contributed by atoms with Crippen LogP contribution in [0.5, 0.6) is 0 Å². The minimum atomic E-state index is -1.07. The first-order chi connectivity index (χ1) is 10.1. The number of carbonyl (C=O) groups is 2. The van der Waals surface area contributed by atoms with Crippen LogP contribution < -0.4 is 10.6 Å². The number of benzene rings is 1. The molecule has 7 heteroatoms. The molecule has 1 unspecified atom stereocenters. The van der Waals surface area contributed by atoms with Gasteiger partial charge in [0.1, 0.15) is 0 Å². The fraction of sp³-hybridized carbons (Fsp3) is 0.429. The molecule has 2 rings (SSSR count).